The van der Waals surface area contributed by atoms with Crippen molar-refractivity contribution < 1.29 is 0 Å². The molecule has 0 aliphatic carbocycles. The van der Waals surface area contributed by atoms with Crippen molar-refractivity contribution >= 4 is 17.3 Å². The highest BCUT2D eigenvalue weighted by Crippen LogP contribution is 2.29. The summed E-state index contributed by atoms with van der Waals surface area (Å²) in [6, 6.07) is 4.80. The summed E-state index contributed by atoms with van der Waals surface area (Å²) in [4.78, 5) is 11.7. The predicted molar refractivity (Wildman–Crippen MR) is 84.4 cm³/mol. The molecule has 0 spiro atoms. The monoisotopic (exact) mass is 275 g/mol. The van der Waals surface area contributed by atoms with Gasteiger partial charge in [-0.15, -0.1) is 0 Å². The lowest BCUT2D eigenvalue weighted by Gasteiger charge is -2.34. The Morgan fingerprint density at radius 3 is 2.55 bits per heavy atom. The molecule has 0 radical (unpaired) electrons. The van der Waals surface area contributed by atoms with Gasteiger partial charge in [0.1, 0.15) is 11.6 Å². The van der Waals surface area contributed by atoms with Crippen LogP contribution in [0.5, 0.6) is 0 Å². The lowest BCUT2D eigenvalue weighted by atomic mass is 10.2. The molecular formula is C15H25N5. The maximum Gasteiger partial charge on any atom is 0.133 e. The second-order valence-electron chi connectivity index (χ2n) is 6.08. The van der Waals surface area contributed by atoms with Crippen molar-refractivity contribution in [2.75, 3.05) is 55.3 Å². The quantitative estimate of drug-likeness (QED) is 0.884. The Labute approximate surface area is 121 Å². The SMILES string of the molecule is CC1CCCN1c1cc(N2CCN(C)CC2)cc(N)n1. The third-order valence-electron chi connectivity index (χ3n) is 4.53. The number of aromatic nitrogens is 1. The molecule has 3 rings (SSSR count). The van der Waals surface area contributed by atoms with Gasteiger partial charge in [-0.2, -0.15) is 0 Å². The highest BCUT2D eigenvalue weighted by Gasteiger charge is 2.23. The lowest BCUT2D eigenvalue weighted by Crippen LogP contribution is -2.44. The van der Waals surface area contributed by atoms with Gasteiger partial charge in [0, 0.05) is 56.6 Å². The van der Waals surface area contributed by atoms with Gasteiger partial charge in [-0.25, -0.2) is 4.98 Å². The normalized spacial score (nSPS) is 24.4. The van der Waals surface area contributed by atoms with E-state index in [-0.39, 0.29) is 0 Å². The van der Waals surface area contributed by atoms with E-state index in [0.717, 1.165) is 38.5 Å². The molecule has 0 saturated carbocycles. The molecule has 0 amide bonds. The Morgan fingerprint density at radius 2 is 1.90 bits per heavy atom. The first-order valence-electron chi connectivity index (χ1n) is 7.61. The fourth-order valence-electron chi connectivity index (χ4n) is 3.19. The van der Waals surface area contributed by atoms with Gasteiger partial charge in [-0.1, -0.05) is 0 Å². The molecule has 3 heterocycles. The van der Waals surface area contributed by atoms with E-state index in [1.165, 1.54) is 18.5 Å². The van der Waals surface area contributed by atoms with Crippen LogP contribution in [0, 0.1) is 0 Å². The van der Waals surface area contributed by atoms with Crippen molar-refractivity contribution in [3.8, 4) is 0 Å². The zero-order valence-electron chi connectivity index (χ0n) is 12.5. The van der Waals surface area contributed by atoms with Crippen LogP contribution in [0.15, 0.2) is 12.1 Å². The van der Waals surface area contributed by atoms with Gasteiger partial charge >= 0.3 is 0 Å². The average Bonchev–Trinajstić information content (AvgIpc) is 2.85. The molecule has 20 heavy (non-hydrogen) atoms. The summed E-state index contributed by atoms with van der Waals surface area (Å²) >= 11 is 0. The summed E-state index contributed by atoms with van der Waals surface area (Å²) in [5.41, 5.74) is 7.25. The molecule has 2 saturated heterocycles. The zero-order chi connectivity index (χ0) is 14.1. The Hall–Kier alpha value is -1.49. The van der Waals surface area contributed by atoms with E-state index in [4.69, 9.17) is 5.73 Å². The highest BCUT2D eigenvalue weighted by atomic mass is 15.3. The second-order valence-corrected chi connectivity index (χ2v) is 6.08. The van der Waals surface area contributed by atoms with Crippen molar-refractivity contribution in [2.45, 2.75) is 25.8 Å². The van der Waals surface area contributed by atoms with E-state index >= 15 is 0 Å². The van der Waals surface area contributed by atoms with Crippen LogP contribution < -0.4 is 15.5 Å². The highest BCUT2D eigenvalue weighted by molar-refractivity contribution is 5.62. The van der Waals surface area contributed by atoms with Crippen molar-refractivity contribution in [2.24, 2.45) is 0 Å². The summed E-state index contributed by atoms with van der Waals surface area (Å²) in [6.07, 6.45) is 2.50. The van der Waals surface area contributed by atoms with Gasteiger partial charge in [0.15, 0.2) is 0 Å². The minimum Gasteiger partial charge on any atom is -0.384 e. The Kier molecular flexibility index (Phi) is 3.70. The van der Waals surface area contributed by atoms with Gasteiger partial charge in [-0.3, -0.25) is 0 Å². The van der Waals surface area contributed by atoms with Crippen LogP contribution in [0.1, 0.15) is 19.8 Å². The van der Waals surface area contributed by atoms with Gasteiger partial charge in [0.05, 0.1) is 0 Å². The molecule has 2 aliphatic rings. The first-order chi connectivity index (χ1) is 9.63. The van der Waals surface area contributed by atoms with Crippen LogP contribution in [0.25, 0.3) is 0 Å². The number of nitrogen functional groups attached to an aromatic ring is 1. The van der Waals surface area contributed by atoms with E-state index in [0.29, 0.717) is 11.9 Å². The predicted octanol–water partition coefficient (Wildman–Crippen LogP) is 1.40. The minimum absolute atomic E-state index is 0.574. The van der Waals surface area contributed by atoms with Crippen LogP contribution in [0.3, 0.4) is 0 Å². The number of pyridine rings is 1. The van der Waals surface area contributed by atoms with Crippen molar-refractivity contribution in [1.29, 1.82) is 0 Å². The summed E-state index contributed by atoms with van der Waals surface area (Å²) in [5, 5.41) is 0. The first kappa shape index (κ1) is 13.5. The zero-order valence-corrected chi connectivity index (χ0v) is 12.5. The Morgan fingerprint density at radius 1 is 1.15 bits per heavy atom. The standard InChI is InChI=1S/C15H25N5/c1-12-4-3-5-20(12)15-11-13(10-14(16)17-15)19-8-6-18(2)7-9-19/h10-12H,3-9H2,1-2H3,(H2,16,17). The lowest BCUT2D eigenvalue weighted by molar-refractivity contribution is 0.313. The summed E-state index contributed by atoms with van der Waals surface area (Å²) in [5.74, 6) is 1.68. The summed E-state index contributed by atoms with van der Waals surface area (Å²) in [6.45, 7) is 7.71. The molecule has 0 bridgehead atoms. The van der Waals surface area contributed by atoms with Gasteiger partial charge in [0.2, 0.25) is 0 Å². The number of nitrogens with two attached hydrogens (primary N) is 1. The number of nitrogens with zero attached hydrogens (tertiary/aromatic N) is 4. The smallest absolute Gasteiger partial charge is 0.133 e. The number of hydrogen-bond acceptors (Lipinski definition) is 5. The van der Waals surface area contributed by atoms with Crippen molar-refractivity contribution in [3.63, 3.8) is 0 Å². The van der Waals surface area contributed by atoms with Gasteiger partial charge in [0.25, 0.3) is 0 Å². The van der Waals surface area contributed by atoms with Crippen LogP contribution in [0.2, 0.25) is 0 Å². The van der Waals surface area contributed by atoms with Crippen LogP contribution >= 0.6 is 0 Å². The Bertz CT molecular complexity index is 467. The van der Waals surface area contributed by atoms with E-state index < -0.39 is 0 Å². The van der Waals surface area contributed by atoms with Crippen LogP contribution in [-0.4, -0.2) is 55.7 Å². The number of likely N-dealkylation sites (N-methyl/N-ethyl adjacent to an activating group) is 1. The molecule has 0 aromatic carbocycles. The third-order valence-corrected chi connectivity index (χ3v) is 4.53. The van der Waals surface area contributed by atoms with E-state index in [2.05, 4.69) is 39.7 Å². The largest absolute Gasteiger partial charge is 0.384 e. The van der Waals surface area contributed by atoms with Crippen molar-refractivity contribution in [3.05, 3.63) is 12.1 Å². The van der Waals surface area contributed by atoms with E-state index in [1.807, 2.05) is 6.07 Å². The summed E-state index contributed by atoms with van der Waals surface area (Å²) in [7, 11) is 2.18. The molecule has 2 aliphatic heterocycles. The maximum absolute atomic E-state index is 6.03. The second kappa shape index (κ2) is 5.48. The number of rotatable bonds is 2. The van der Waals surface area contributed by atoms with Crippen molar-refractivity contribution in [1.82, 2.24) is 9.88 Å². The third kappa shape index (κ3) is 2.68. The molecule has 1 atom stereocenters. The summed E-state index contributed by atoms with van der Waals surface area (Å²) < 4.78 is 0. The molecule has 2 N–H and O–H groups in total. The number of anilines is 3. The van der Waals surface area contributed by atoms with E-state index in [9.17, 15) is 0 Å². The van der Waals surface area contributed by atoms with Crippen LogP contribution in [0.4, 0.5) is 17.3 Å². The molecule has 110 valence electrons. The maximum atomic E-state index is 6.03. The topological polar surface area (TPSA) is 48.6 Å². The number of hydrogen-bond donors (Lipinski definition) is 1. The average molecular weight is 275 g/mol. The fraction of sp³-hybridized carbons (Fsp3) is 0.667. The minimum atomic E-state index is 0.574. The molecule has 5 heteroatoms. The molecule has 2 fully saturated rings. The van der Waals surface area contributed by atoms with Crippen LogP contribution in [-0.2, 0) is 0 Å². The molecule has 1 unspecified atom stereocenters. The molecular weight excluding hydrogens is 250 g/mol. The van der Waals surface area contributed by atoms with Gasteiger partial charge in [-0.05, 0) is 26.8 Å². The first-order valence-corrected chi connectivity index (χ1v) is 7.61. The fourth-order valence-corrected chi connectivity index (χ4v) is 3.19. The van der Waals surface area contributed by atoms with E-state index in [1.54, 1.807) is 0 Å². The molecule has 5 nitrogen and oxygen atoms in total. The molecule has 1 aromatic rings. The van der Waals surface area contributed by atoms with Gasteiger partial charge < -0.3 is 20.4 Å². The Balaban J connectivity index is 1.83. The number of piperazine rings is 1. The molecule has 1 aromatic heterocycles.